The van der Waals surface area contributed by atoms with Crippen LogP contribution in [0.15, 0.2) is 59.4 Å². The summed E-state index contributed by atoms with van der Waals surface area (Å²) in [5.41, 5.74) is 2.70. The fraction of sp³-hybridized carbons (Fsp3) is 0.158. The number of aromatic nitrogens is 2. The van der Waals surface area contributed by atoms with Gasteiger partial charge in [-0.15, -0.1) is 0 Å². The molecule has 3 rings (SSSR count). The number of aromatic amines is 1. The number of aryl methyl sites for hydroxylation is 1. The number of hydrogen-bond acceptors (Lipinski definition) is 3. The summed E-state index contributed by atoms with van der Waals surface area (Å²) in [6, 6.07) is 16.3. The van der Waals surface area contributed by atoms with Crippen molar-refractivity contribution in [1.29, 1.82) is 0 Å². The van der Waals surface area contributed by atoms with E-state index in [1.54, 1.807) is 18.2 Å². The van der Waals surface area contributed by atoms with Gasteiger partial charge in [-0.2, -0.15) is 0 Å². The van der Waals surface area contributed by atoms with Crippen LogP contribution in [-0.2, 0) is 13.0 Å². The van der Waals surface area contributed by atoms with Gasteiger partial charge in [0, 0.05) is 24.1 Å². The Morgan fingerprint density at radius 1 is 1.08 bits per heavy atom. The van der Waals surface area contributed by atoms with Crippen molar-refractivity contribution in [2.24, 2.45) is 0 Å². The molecule has 0 aliphatic heterocycles. The summed E-state index contributed by atoms with van der Waals surface area (Å²) < 4.78 is 13.6. The molecular formula is C19H18FN3O. The van der Waals surface area contributed by atoms with Crippen LogP contribution in [0.1, 0.15) is 22.4 Å². The van der Waals surface area contributed by atoms with Crippen molar-refractivity contribution < 1.29 is 4.39 Å². The van der Waals surface area contributed by atoms with Crippen molar-refractivity contribution in [3.63, 3.8) is 0 Å². The summed E-state index contributed by atoms with van der Waals surface area (Å²) in [5, 5.41) is 2.97. The molecule has 5 heteroatoms. The van der Waals surface area contributed by atoms with E-state index in [0.29, 0.717) is 29.2 Å². The lowest BCUT2D eigenvalue weighted by molar-refractivity contribution is 0.612. The van der Waals surface area contributed by atoms with E-state index in [2.05, 4.69) is 15.3 Å². The van der Waals surface area contributed by atoms with E-state index in [4.69, 9.17) is 0 Å². The number of rotatable bonds is 5. The minimum atomic E-state index is -0.287. The lowest BCUT2D eigenvalue weighted by Crippen LogP contribution is -2.19. The van der Waals surface area contributed by atoms with Crippen molar-refractivity contribution in [2.45, 2.75) is 19.9 Å². The molecule has 122 valence electrons. The summed E-state index contributed by atoms with van der Waals surface area (Å²) in [4.78, 5) is 19.4. The number of benzene rings is 2. The van der Waals surface area contributed by atoms with E-state index in [1.807, 2.05) is 37.3 Å². The summed E-state index contributed by atoms with van der Waals surface area (Å²) in [6.45, 7) is 2.06. The number of halogens is 1. The zero-order valence-corrected chi connectivity index (χ0v) is 13.3. The first-order valence-electron chi connectivity index (χ1n) is 7.74. The maximum Gasteiger partial charge on any atom is 0.256 e. The number of nitrogens with zero attached hydrogens (tertiary/aromatic N) is 1. The van der Waals surface area contributed by atoms with Gasteiger partial charge in [-0.05, 0) is 18.6 Å². The summed E-state index contributed by atoms with van der Waals surface area (Å²) in [5.74, 6) is 0.0577. The van der Waals surface area contributed by atoms with E-state index >= 15 is 0 Å². The third-order valence-electron chi connectivity index (χ3n) is 3.85. The first-order valence-corrected chi connectivity index (χ1v) is 7.74. The topological polar surface area (TPSA) is 57.8 Å². The first-order chi connectivity index (χ1) is 11.6. The molecule has 0 bridgehead atoms. The summed E-state index contributed by atoms with van der Waals surface area (Å²) in [7, 11) is 0. The Bertz CT molecular complexity index is 891. The zero-order chi connectivity index (χ0) is 16.9. The van der Waals surface area contributed by atoms with Gasteiger partial charge in [0.15, 0.2) is 0 Å². The Morgan fingerprint density at radius 3 is 2.50 bits per heavy atom. The van der Waals surface area contributed by atoms with Crippen molar-refractivity contribution in [1.82, 2.24) is 9.97 Å². The van der Waals surface area contributed by atoms with E-state index in [-0.39, 0.29) is 17.9 Å². The normalized spacial score (nSPS) is 10.6. The Balaban J connectivity index is 1.77. The lowest BCUT2D eigenvalue weighted by Gasteiger charge is -2.10. The van der Waals surface area contributed by atoms with Crippen molar-refractivity contribution in [3.05, 3.63) is 93.2 Å². The molecular weight excluding hydrogens is 305 g/mol. The molecule has 0 radical (unpaired) electrons. The van der Waals surface area contributed by atoms with E-state index in [9.17, 15) is 9.18 Å². The molecule has 1 heterocycles. The quantitative estimate of drug-likeness (QED) is 0.756. The highest BCUT2D eigenvalue weighted by atomic mass is 19.1. The van der Waals surface area contributed by atoms with Gasteiger partial charge in [-0.3, -0.25) is 9.78 Å². The monoisotopic (exact) mass is 323 g/mol. The van der Waals surface area contributed by atoms with Crippen LogP contribution in [0.5, 0.6) is 0 Å². The van der Waals surface area contributed by atoms with Gasteiger partial charge in [-0.1, -0.05) is 48.5 Å². The average Bonchev–Trinajstić information content (AvgIpc) is 2.58. The smallest absolute Gasteiger partial charge is 0.256 e. The van der Waals surface area contributed by atoms with Crippen LogP contribution in [0.4, 0.5) is 10.3 Å². The van der Waals surface area contributed by atoms with E-state index < -0.39 is 0 Å². The van der Waals surface area contributed by atoms with E-state index in [1.165, 1.54) is 6.07 Å². The fourth-order valence-electron chi connectivity index (χ4n) is 2.52. The lowest BCUT2D eigenvalue weighted by atomic mass is 10.1. The average molecular weight is 323 g/mol. The number of hydrogen-bond donors (Lipinski definition) is 2. The Kier molecular flexibility index (Phi) is 4.70. The van der Waals surface area contributed by atoms with Crippen molar-refractivity contribution >= 4 is 5.95 Å². The van der Waals surface area contributed by atoms with Gasteiger partial charge in [0.1, 0.15) is 5.82 Å². The van der Waals surface area contributed by atoms with Gasteiger partial charge in [0.25, 0.3) is 5.56 Å². The third-order valence-corrected chi connectivity index (χ3v) is 3.85. The van der Waals surface area contributed by atoms with Crippen LogP contribution in [0, 0.1) is 12.7 Å². The SMILES string of the molecule is Cc1nc(NCc2ccccc2F)[nH]c(=O)c1Cc1ccccc1. The molecule has 0 aliphatic carbocycles. The molecule has 0 atom stereocenters. The Morgan fingerprint density at radius 2 is 1.79 bits per heavy atom. The van der Waals surface area contributed by atoms with Crippen LogP contribution in [-0.4, -0.2) is 9.97 Å². The molecule has 4 nitrogen and oxygen atoms in total. The third kappa shape index (κ3) is 3.68. The molecule has 24 heavy (non-hydrogen) atoms. The van der Waals surface area contributed by atoms with Gasteiger partial charge in [0.2, 0.25) is 5.95 Å². The number of nitrogens with one attached hydrogen (secondary N) is 2. The zero-order valence-electron chi connectivity index (χ0n) is 13.3. The standard InChI is InChI=1S/C19H18FN3O/c1-13-16(11-14-7-3-2-4-8-14)18(24)23-19(22-13)21-12-15-9-5-6-10-17(15)20/h2-10H,11-12H2,1H3,(H2,21,22,23,24). The Labute approximate surface area is 139 Å². The molecule has 2 aromatic carbocycles. The van der Waals surface area contributed by atoms with Gasteiger partial charge in [0.05, 0.1) is 5.69 Å². The largest absolute Gasteiger partial charge is 0.352 e. The fourth-order valence-corrected chi connectivity index (χ4v) is 2.52. The van der Waals surface area contributed by atoms with E-state index in [0.717, 1.165) is 5.56 Å². The maximum atomic E-state index is 13.6. The van der Waals surface area contributed by atoms with Crippen molar-refractivity contribution in [2.75, 3.05) is 5.32 Å². The highest BCUT2D eigenvalue weighted by molar-refractivity contribution is 5.34. The number of H-pyrrole nitrogens is 1. The minimum absolute atomic E-state index is 0.178. The predicted octanol–water partition coefficient (Wildman–Crippen LogP) is 3.42. The highest BCUT2D eigenvalue weighted by Gasteiger charge is 2.09. The highest BCUT2D eigenvalue weighted by Crippen LogP contribution is 2.11. The van der Waals surface area contributed by atoms with Gasteiger partial charge < -0.3 is 5.32 Å². The second kappa shape index (κ2) is 7.08. The second-order valence-corrected chi connectivity index (χ2v) is 5.59. The maximum absolute atomic E-state index is 13.6. The molecule has 1 aromatic heterocycles. The summed E-state index contributed by atoms with van der Waals surface area (Å²) in [6.07, 6.45) is 0.530. The second-order valence-electron chi connectivity index (χ2n) is 5.59. The molecule has 0 aliphatic rings. The molecule has 0 fully saturated rings. The van der Waals surface area contributed by atoms with Gasteiger partial charge >= 0.3 is 0 Å². The minimum Gasteiger partial charge on any atom is -0.352 e. The molecule has 3 aromatic rings. The molecule has 0 amide bonds. The summed E-state index contributed by atoms with van der Waals surface area (Å²) >= 11 is 0. The van der Waals surface area contributed by atoms with Crippen LogP contribution in [0.2, 0.25) is 0 Å². The Hall–Kier alpha value is -2.95. The van der Waals surface area contributed by atoms with Crippen LogP contribution in [0.3, 0.4) is 0 Å². The molecule has 0 saturated carbocycles. The van der Waals surface area contributed by atoms with Crippen molar-refractivity contribution in [3.8, 4) is 0 Å². The first kappa shape index (κ1) is 15.9. The van der Waals surface area contributed by atoms with Crippen LogP contribution >= 0.6 is 0 Å². The van der Waals surface area contributed by atoms with Gasteiger partial charge in [-0.25, -0.2) is 9.37 Å². The predicted molar refractivity (Wildman–Crippen MR) is 92.6 cm³/mol. The number of anilines is 1. The van der Waals surface area contributed by atoms with Crippen LogP contribution < -0.4 is 10.9 Å². The molecule has 2 N–H and O–H groups in total. The van der Waals surface area contributed by atoms with Crippen LogP contribution in [0.25, 0.3) is 0 Å². The molecule has 0 unspecified atom stereocenters. The molecule has 0 spiro atoms. The molecule has 0 saturated heterocycles.